The molecule has 1 saturated carbocycles. The number of ether oxygens (including phenoxy) is 1. The molecule has 2 N–H and O–H groups in total. The van der Waals surface area contributed by atoms with Gasteiger partial charge in [0.25, 0.3) is 0 Å². The Hall–Kier alpha value is -1.35. The Kier molecular flexibility index (Phi) is 3.25. The normalized spacial score (nSPS) is 16.9. The predicted molar refractivity (Wildman–Crippen MR) is 62.0 cm³/mol. The van der Waals surface area contributed by atoms with E-state index >= 15 is 0 Å². The highest BCUT2D eigenvalue weighted by Gasteiger charge is 2.24. The standard InChI is InChI=1S/C13H17NO2/c1-16-13(15)8-12(14)11-4-2-3-10(7-11)9-5-6-9/h2-4,7,9,12H,5-6,8,14H2,1H3. The number of esters is 1. The monoisotopic (exact) mass is 219 g/mol. The van der Waals surface area contributed by atoms with Gasteiger partial charge in [-0.3, -0.25) is 4.79 Å². The summed E-state index contributed by atoms with van der Waals surface area (Å²) in [6.07, 6.45) is 2.79. The molecule has 1 unspecified atom stereocenters. The third-order valence-corrected chi connectivity index (χ3v) is 3.00. The minimum Gasteiger partial charge on any atom is -0.469 e. The van der Waals surface area contributed by atoms with Crippen molar-refractivity contribution in [1.29, 1.82) is 0 Å². The Labute approximate surface area is 95.6 Å². The molecule has 1 aliphatic carbocycles. The lowest BCUT2D eigenvalue weighted by Gasteiger charge is -2.11. The number of benzene rings is 1. The van der Waals surface area contributed by atoms with E-state index in [4.69, 9.17) is 5.73 Å². The molecule has 0 aliphatic heterocycles. The average molecular weight is 219 g/mol. The van der Waals surface area contributed by atoms with Crippen LogP contribution < -0.4 is 5.73 Å². The molecule has 1 fully saturated rings. The number of methoxy groups -OCH3 is 1. The first kappa shape index (κ1) is 11.1. The van der Waals surface area contributed by atoms with Gasteiger partial charge in [-0.15, -0.1) is 0 Å². The van der Waals surface area contributed by atoms with Crippen LogP contribution in [0.3, 0.4) is 0 Å². The van der Waals surface area contributed by atoms with Crippen molar-refractivity contribution < 1.29 is 9.53 Å². The molecule has 1 atom stereocenters. The van der Waals surface area contributed by atoms with Crippen LogP contribution in [-0.2, 0) is 9.53 Å². The van der Waals surface area contributed by atoms with Crippen LogP contribution in [0.5, 0.6) is 0 Å². The number of carbonyl (C=O) groups is 1. The molecule has 1 aromatic carbocycles. The van der Waals surface area contributed by atoms with E-state index in [0.29, 0.717) is 5.92 Å². The molecule has 2 rings (SSSR count). The molecule has 16 heavy (non-hydrogen) atoms. The number of nitrogens with two attached hydrogens (primary N) is 1. The van der Waals surface area contributed by atoms with Crippen molar-refractivity contribution in [3.05, 3.63) is 35.4 Å². The predicted octanol–water partition coefficient (Wildman–Crippen LogP) is 2.13. The zero-order valence-corrected chi connectivity index (χ0v) is 9.48. The van der Waals surface area contributed by atoms with Gasteiger partial charge in [0.15, 0.2) is 0 Å². The van der Waals surface area contributed by atoms with Gasteiger partial charge in [-0.1, -0.05) is 24.3 Å². The Morgan fingerprint density at radius 3 is 2.94 bits per heavy atom. The summed E-state index contributed by atoms with van der Waals surface area (Å²) in [7, 11) is 1.38. The fourth-order valence-corrected chi connectivity index (χ4v) is 1.84. The fourth-order valence-electron chi connectivity index (χ4n) is 1.84. The summed E-state index contributed by atoms with van der Waals surface area (Å²) in [5.41, 5.74) is 8.33. The van der Waals surface area contributed by atoms with Crippen LogP contribution in [0.25, 0.3) is 0 Å². The Morgan fingerprint density at radius 2 is 2.31 bits per heavy atom. The Balaban J connectivity index is 2.07. The smallest absolute Gasteiger partial charge is 0.307 e. The third kappa shape index (κ3) is 2.61. The van der Waals surface area contributed by atoms with E-state index in [1.807, 2.05) is 12.1 Å². The third-order valence-electron chi connectivity index (χ3n) is 3.00. The van der Waals surface area contributed by atoms with Gasteiger partial charge in [-0.2, -0.15) is 0 Å². The van der Waals surface area contributed by atoms with Crippen LogP contribution in [0.4, 0.5) is 0 Å². The van der Waals surface area contributed by atoms with Crippen molar-refractivity contribution >= 4 is 5.97 Å². The first-order valence-corrected chi connectivity index (χ1v) is 5.63. The lowest BCUT2D eigenvalue weighted by Crippen LogP contribution is -2.16. The maximum absolute atomic E-state index is 11.1. The maximum Gasteiger partial charge on any atom is 0.307 e. The molecule has 0 heterocycles. The maximum atomic E-state index is 11.1. The number of hydrogen-bond acceptors (Lipinski definition) is 3. The second kappa shape index (κ2) is 4.66. The van der Waals surface area contributed by atoms with Crippen LogP contribution in [0.2, 0.25) is 0 Å². The van der Waals surface area contributed by atoms with Gasteiger partial charge < -0.3 is 10.5 Å². The van der Waals surface area contributed by atoms with E-state index in [0.717, 1.165) is 5.56 Å². The summed E-state index contributed by atoms with van der Waals surface area (Å²) < 4.78 is 4.61. The highest BCUT2D eigenvalue weighted by atomic mass is 16.5. The molecular formula is C13H17NO2. The quantitative estimate of drug-likeness (QED) is 0.789. The average Bonchev–Trinajstić information content (AvgIpc) is 3.13. The van der Waals surface area contributed by atoms with E-state index in [9.17, 15) is 4.79 Å². The fraction of sp³-hybridized carbons (Fsp3) is 0.462. The van der Waals surface area contributed by atoms with Crippen molar-refractivity contribution in [2.45, 2.75) is 31.2 Å². The van der Waals surface area contributed by atoms with E-state index < -0.39 is 0 Å². The molecule has 1 aromatic rings. The van der Waals surface area contributed by atoms with Crippen LogP contribution in [0.15, 0.2) is 24.3 Å². The lowest BCUT2D eigenvalue weighted by atomic mass is 10.0. The Morgan fingerprint density at radius 1 is 1.56 bits per heavy atom. The van der Waals surface area contributed by atoms with E-state index in [2.05, 4.69) is 16.9 Å². The van der Waals surface area contributed by atoms with Crippen LogP contribution in [0.1, 0.15) is 42.3 Å². The zero-order valence-electron chi connectivity index (χ0n) is 9.48. The molecular weight excluding hydrogens is 202 g/mol. The second-order valence-corrected chi connectivity index (χ2v) is 4.33. The summed E-state index contributed by atoms with van der Waals surface area (Å²) in [4.78, 5) is 11.1. The Bertz CT molecular complexity index is 385. The molecule has 1 aliphatic rings. The van der Waals surface area contributed by atoms with E-state index in [1.165, 1.54) is 25.5 Å². The molecule has 0 saturated heterocycles. The molecule has 0 bridgehead atoms. The molecule has 86 valence electrons. The van der Waals surface area contributed by atoms with Crippen molar-refractivity contribution in [3.63, 3.8) is 0 Å². The largest absolute Gasteiger partial charge is 0.469 e. The highest BCUT2D eigenvalue weighted by Crippen LogP contribution is 2.40. The van der Waals surface area contributed by atoms with Crippen molar-refractivity contribution in [2.24, 2.45) is 5.73 Å². The van der Waals surface area contributed by atoms with Crippen LogP contribution in [-0.4, -0.2) is 13.1 Å². The minimum absolute atomic E-state index is 0.241. The molecule has 0 spiro atoms. The minimum atomic E-state index is -0.260. The van der Waals surface area contributed by atoms with E-state index in [1.54, 1.807) is 0 Å². The molecule has 0 radical (unpaired) electrons. The number of carbonyl (C=O) groups excluding carboxylic acids is 1. The van der Waals surface area contributed by atoms with Gasteiger partial charge >= 0.3 is 5.97 Å². The molecule has 3 nitrogen and oxygen atoms in total. The highest BCUT2D eigenvalue weighted by molar-refractivity contribution is 5.70. The first-order valence-electron chi connectivity index (χ1n) is 5.63. The zero-order chi connectivity index (χ0) is 11.5. The number of rotatable bonds is 4. The topological polar surface area (TPSA) is 52.3 Å². The molecule has 0 aromatic heterocycles. The second-order valence-electron chi connectivity index (χ2n) is 4.33. The van der Waals surface area contributed by atoms with Gasteiger partial charge in [0.1, 0.15) is 0 Å². The SMILES string of the molecule is COC(=O)CC(N)c1cccc(C2CC2)c1. The summed E-state index contributed by atoms with van der Waals surface area (Å²) in [5, 5.41) is 0. The van der Waals surface area contributed by atoms with Gasteiger partial charge in [0.05, 0.1) is 13.5 Å². The van der Waals surface area contributed by atoms with Crippen LogP contribution >= 0.6 is 0 Å². The van der Waals surface area contributed by atoms with Gasteiger partial charge in [0, 0.05) is 6.04 Å². The molecule has 3 heteroatoms. The number of hydrogen-bond donors (Lipinski definition) is 1. The van der Waals surface area contributed by atoms with Crippen molar-refractivity contribution in [2.75, 3.05) is 7.11 Å². The van der Waals surface area contributed by atoms with Gasteiger partial charge in [0.2, 0.25) is 0 Å². The van der Waals surface area contributed by atoms with Crippen LogP contribution in [0, 0.1) is 0 Å². The summed E-state index contributed by atoms with van der Waals surface area (Å²) in [6.45, 7) is 0. The van der Waals surface area contributed by atoms with Crippen molar-refractivity contribution in [3.8, 4) is 0 Å². The van der Waals surface area contributed by atoms with E-state index in [-0.39, 0.29) is 18.4 Å². The van der Waals surface area contributed by atoms with Gasteiger partial charge in [-0.05, 0) is 29.9 Å². The lowest BCUT2D eigenvalue weighted by molar-refractivity contribution is -0.141. The summed E-state index contributed by atoms with van der Waals surface area (Å²) in [6, 6.07) is 7.97. The summed E-state index contributed by atoms with van der Waals surface area (Å²) in [5.74, 6) is 0.453. The first-order chi connectivity index (χ1) is 7.70. The van der Waals surface area contributed by atoms with Gasteiger partial charge in [-0.25, -0.2) is 0 Å². The summed E-state index contributed by atoms with van der Waals surface area (Å²) >= 11 is 0. The van der Waals surface area contributed by atoms with Crippen molar-refractivity contribution in [1.82, 2.24) is 0 Å². The molecule has 0 amide bonds.